The van der Waals surface area contributed by atoms with Crippen LogP contribution in [0.3, 0.4) is 0 Å². The predicted molar refractivity (Wildman–Crippen MR) is 145 cm³/mol. The van der Waals surface area contributed by atoms with E-state index >= 15 is 0 Å². The minimum Gasteiger partial charge on any atom is -0.492 e. The van der Waals surface area contributed by atoms with Crippen molar-refractivity contribution >= 4 is 21.9 Å². The van der Waals surface area contributed by atoms with Crippen LogP contribution in [0.15, 0.2) is 54.7 Å². The number of nitrogens with one attached hydrogen (secondary N) is 1. The monoisotopic (exact) mass is 471 g/mol. The Morgan fingerprint density at radius 1 is 0.943 bits per heavy atom. The number of unbranched alkanes of at least 4 members (excludes halogenated alkanes) is 2. The Labute approximate surface area is 208 Å². The molecule has 0 aliphatic carbocycles. The van der Waals surface area contributed by atoms with E-state index < -0.39 is 0 Å². The zero-order valence-corrected chi connectivity index (χ0v) is 20.8. The molecule has 1 fully saturated rings. The van der Waals surface area contributed by atoms with Crippen molar-refractivity contribution in [2.45, 2.75) is 25.7 Å². The summed E-state index contributed by atoms with van der Waals surface area (Å²) in [4.78, 5) is 13.0. The average Bonchev–Trinajstić information content (AvgIpc) is 3.27. The van der Waals surface area contributed by atoms with Crippen LogP contribution in [0.5, 0.6) is 5.75 Å². The van der Waals surface area contributed by atoms with Crippen LogP contribution in [0.2, 0.25) is 0 Å². The standard InChI is InChI=1S/C29H37N5O/c1-33-15-17-34(18-16-33)19-20-35-25-9-6-22(7-10-25)24-8-11-27-26(21-24)28-23(5-3-2-4-13-30)12-14-31-29(28)32-27/h6-12,14,21H,2-5,13,15-20,30H2,1H3,(H,31,32). The fourth-order valence-corrected chi connectivity index (χ4v) is 5.02. The van der Waals surface area contributed by atoms with E-state index in [4.69, 9.17) is 10.5 Å². The van der Waals surface area contributed by atoms with Gasteiger partial charge in [0.15, 0.2) is 0 Å². The lowest BCUT2D eigenvalue weighted by Gasteiger charge is -2.32. The molecule has 1 saturated heterocycles. The van der Waals surface area contributed by atoms with Crippen LogP contribution in [0.4, 0.5) is 0 Å². The van der Waals surface area contributed by atoms with Gasteiger partial charge in [0.25, 0.3) is 0 Å². The van der Waals surface area contributed by atoms with Gasteiger partial charge in [-0.25, -0.2) is 4.98 Å². The number of likely N-dealkylation sites (N-methyl/N-ethyl adjacent to an activating group) is 1. The highest BCUT2D eigenvalue weighted by Gasteiger charge is 2.14. The Morgan fingerprint density at radius 2 is 1.74 bits per heavy atom. The number of hydrogen-bond donors (Lipinski definition) is 2. The van der Waals surface area contributed by atoms with Crippen LogP contribution < -0.4 is 10.5 Å². The van der Waals surface area contributed by atoms with Crippen LogP contribution >= 0.6 is 0 Å². The summed E-state index contributed by atoms with van der Waals surface area (Å²) < 4.78 is 6.04. The smallest absolute Gasteiger partial charge is 0.138 e. The van der Waals surface area contributed by atoms with E-state index in [-0.39, 0.29) is 0 Å². The van der Waals surface area contributed by atoms with Gasteiger partial charge in [-0.1, -0.05) is 24.6 Å². The van der Waals surface area contributed by atoms with Crippen molar-refractivity contribution < 1.29 is 4.74 Å². The highest BCUT2D eigenvalue weighted by molar-refractivity contribution is 6.08. The molecule has 2 aromatic heterocycles. The lowest BCUT2D eigenvalue weighted by atomic mass is 9.99. The molecule has 0 amide bonds. The molecule has 3 N–H and O–H groups in total. The normalized spacial score (nSPS) is 15.3. The molecule has 0 atom stereocenters. The van der Waals surface area contributed by atoms with Gasteiger partial charge in [0.1, 0.15) is 18.0 Å². The van der Waals surface area contributed by atoms with Crippen LogP contribution in [0.1, 0.15) is 24.8 Å². The van der Waals surface area contributed by atoms with Crippen molar-refractivity contribution in [2.24, 2.45) is 5.73 Å². The molecule has 2 aromatic carbocycles. The summed E-state index contributed by atoms with van der Waals surface area (Å²) in [6.45, 7) is 7.01. The second-order valence-electron chi connectivity index (χ2n) is 9.70. The molecule has 6 heteroatoms. The van der Waals surface area contributed by atoms with Crippen molar-refractivity contribution in [1.29, 1.82) is 0 Å². The van der Waals surface area contributed by atoms with Crippen molar-refractivity contribution in [2.75, 3.05) is 52.9 Å². The average molecular weight is 472 g/mol. The summed E-state index contributed by atoms with van der Waals surface area (Å²) in [5, 5.41) is 2.49. The molecule has 4 aromatic rings. The molecule has 35 heavy (non-hydrogen) atoms. The van der Waals surface area contributed by atoms with E-state index in [0.29, 0.717) is 0 Å². The number of benzene rings is 2. The van der Waals surface area contributed by atoms with E-state index in [2.05, 4.69) is 75.3 Å². The number of H-pyrrole nitrogens is 1. The number of ether oxygens (including phenoxy) is 1. The van der Waals surface area contributed by atoms with E-state index in [1.165, 1.54) is 27.5 Å². The maximum Gasteiger partial charge on any atom is 0.138 e. The van der Waals surface area contributed by atoms with Gasteiger partial charge in [0.05, 0.1) is 0 Å². The van der Waals surface area contributed by atoms with Crippen LogP contribution in [-0.4, -0.2) is 72.7 Å². The van der Waals surface area contributed by atoms with Gasteiger partial charge < -0.3 is 20.4 Å². The fourth-order valence-electron chi connectivity index (χ4n) is 5.02. The molecule has 0 saturated carbocycles. The quantitative estimate of drug-likeness (QED) is 0.329. The second-order valence-corrected chi connectivity index (χ2v) is 9.70. The molecular weight excluding hydrogens is 434 g/mol. The fraction of sp³-hybridized carbons (Fsp3) is 0.414. The Kier molecular flexibility index (Phi) is 7.62. The first-order valence-electron chi connectivity index (χ1n) is 12.9. The van der Waals surface area contributed by atoms with E-state index in [1.54, 1.807) is 0 Å². The summed E-state index contributed by atoms with van der Waals surface area (Å²) >= 11 is 0. The van der Waals surface area contributed by atoms with Crippen LogP contribution in [0, 0.1) is 0 Å². The number of aromatic nitrogens is 2. The summed E-state index contributed by atoms with van der Waals surface area (Å²) in [6, 6.07) is 17.3. The molecular formula is C29H37N5O. The molecule has 1 aliphatic rings. The number of aryl methyl sites for hydroxylation is 1. The number of fused-ring (bicyclic) bond motifs is 3. The number of pyridine rings is 1. The number of aromatic amines is 1. The molecule has 0 unspecified atom stereocenters. The zero-order valence-electron chi connectivity index (χ0n) is 20.8. The summed E-state index contributed by atoms with van der Waals surface area (Å²) in [7, 11) is 2.19. The number of hydrogen-bond acceptors (Lipinski definition) is 5. The van der Waals surface area contributed by atoms with Gasteiger partial charge in [-0.05, 0) is 79.9 Å². The minimum atomic E-state index is 0.728. The van der Waals surface area contributed by atoms with E-state index in [1.807, 2.05) is 6.20 Å². The first-order chi connectivity index (χ1) is 17.2. The van der Waals surface area contributed by atoms with Crippen molar-refractivity contribution in [3.63, 3.8) is 0 Å². The maximum absolute atomic E-state index is 6.04. The molecule has 5 rings (SSSR count). The van der Waals surface area contributed by atoms with Gasteiger partial charge in [0.2, 0.25) is 0 Å². The lowest BCUT2D eigenvalue weighted by Crippen LogP contribution is -2.45. The predicted octanol–water partition coefficient (Wildman–Crippen LogP) is 4.68. The maximum atomic E-state index is 6.04. The molecule has 184 valence electrons. The highest BCUT2D eigenvalue weighted by atomic mass is 16.5. The first-order valence-corrected chi connectivity index (χ1v) is 12.9. The molecule has 6 nitrogen and oxygen atoms in total. The Hall–Kier alpha value is -2.93. The molecule has 3 heterocycles. The number of rotatable bonds is 10. The molecule has 0 spiro atoms. The zero-order chi connectivity index (χ0) is 24.0. The highest BCUT2D eigenvalue weighted by Crippen LogP contribution is 2.32. The van der Waals surface area contributed by atoms with Crippen molar-refractivity contribution in [3.05, 3.63) is 60.3 Å². The number of nitrogens with zero attached hydrogens (tertiary/aromatic N) is 3. The van der Waals surface area contributed by atoms with Crippen molar-refractivity contribution in [3.8, 4) is 16.9 Å². The number of piperazine rings is 1. The van der Waals surface area contributed by atoms with Gasteiger partial charge >= 0.3 is 0 Å². The Morgan fingerprint density at radius 3 is 2.54 bits per heavy atom. The lowest BCUT2D eigenvalue weighted by molar-refractivity contribution is 0.134. The summed E-state index contributed by atoms with van der Waals surface area (Å²) in [6.07, 6.45) is 6.37. The third kappa shape index (κ3) is 5.67. The molecule has 1 aliphatic heterocycles. The molecule has 0 radical (unpaired) electrons. The number of nitrogens with two attached hydrogens (primary N) is 1. The topological polar surface area (TPSA) is 70.4 Å². The minimum absolute atomic E-state index is 0.728. The third-order valence-corrected chi connectivity index (χ3v) is 7.19. The SMILES string of the molecule is CN1CCN(CCOc2ccc(-c3ccc4[nH]c5nccc(CCCCCN)c5c4c3)cc2)CC1. The van der Waals surface area contributed by atoms with Gasteiger partial charge in [-0.3, -0.25) is 4.90 Å². The Balaban J connectivity index is 1.29. The second kappa shape index (κ2) is 11.2. The largest absolute Gasteiger partial charge is 0.492 e. The van der Waals surface area contributed by atoms with Gasteiger partial charge in [-0.2, -0.15) is 0 Å². The van der Waals surface area contributed by atoms with Crippen LogP contribution in [-0.2, 0) is 6.42 Å². The first kappa shape index (κ1) is 23.8. The van der Waals surface area contributed by atoms with Crippen molar-refractivity contribution in [1.82, 2.24) is 19.8 Å². The van der Waals surface area contributed by atoms with E-state index in [9.17, 15) is 0 Å². The van der Waals surface area contributed by atoms with Gasteiger partial charge in [-0.15, -0.1) is 0 Å². The third-order valence-electron chi connectivity index (χ3n) is 7.19. The summed E-state index contributed by atoms with van der Waals surface area (Å²) in [5.74, 6) is 0.931. The molecule has 0 bridgehead atoms. The van der Waals surface area contributed by atoms with E-state index in [0.717, 1.165) is 88.5 Å². The van der Waals surface area contributed by atoms with Crippen LogP contribution in [0.25, 0.3) is 33.1 Å². The summed E-state index contributed by atoms with van der Waals surface area (Å²) in [5.41, 5.74) is 11.5. The Bertz CT molecular complexity index is 1240. The van der Waals surface area contributed by atoms with Gasteiger partial charge in [0, 0.05) is 55.2 Å².